The van der Waals surface area contributed by atoms with E-state index in [2.05, 4.69) is 4.99 Å². The predicted molar refractivity (Wildman–Crippen MR) is 150 cm³/mol. The van der Waals surface area contributed by atoms with Crippen LogP contribution in [0.2, 0.25) is 5.02 Å². The van der Waals surface area contributed by atoms with Gasteiger partial charge in [-0.15, -0.1) is 0 Å². The Morgan fingerprint density at radius 2 is 1.61 bits per heavy atom. The van der Waals surface area contributed by atoms with Crippen molar-refractivity contribution in [3.8, 4) is 5.75 Å². The number of allylic oxidation sites excluding steroid dienone is 2. The molecule has 4 rings (SSSR count). The molecule has 0 saturated carbocycles. The van der Waals surface area contributed by atoms with Gasteiger partial charge in [0.1, 0.15) is 11.4 Å². The largest absolute Gasteiger partial charge is 0.497 e. The summed E-state index contributed by atoms with van der Waals surface area (Å²) in [5.41, 5.74) is 5.56. The molecule has 2 N–H and O–H groups in total. The summed E-state index contributed by atoms with van der Waals surface area (Å²) >= 11 is 6.17. The normalized spacial score (nSPS) is 17.9. The Kier molecular flexibility index (Phi) is 9.02. The summed E-state index contributed by atoms with van der Waals surface area (Å²) in [7, 11) is 2.86. The van der Waals surface area contributed by atoms with E-state index in [1.807, 2.05) is 12.1 Å². The first-order valence-electron chi connectivity index (χ1n) is 12.5. The first kappa shape index (κ1) is 29.7. The second-order valence-corrected chi connectivity index (χ2v) is 9.75. The molecule has 7 nitrogen and oxygen atoms in total. The standard InChI is InChI=1S/C30H27ClF3N3O4/c1-40-21-13-11-18(12-14-21)22-16-37(17-23(22)29(39)41-2)28(38)20-9-7-19(8-10-20)26(15-27(35)30(32,33)34)36-25-6-4-3-5-24(25)31/h3-15,22-23H,16-17,35H2,1-2H3/t22-,23+/m0/s1. The number of ether oxygens (including phenoxy) is 2. The number of rotatable bonds is 7. The zero-order valence-electron chi connectivity index (χ0n) is 22.2. The van der Waals surface area contributed by atoms with Crippen molar-refractivity contribution in [1.29, 1.82) is 0 Å². The number of hydrogen-bond acceptors (Lipinski definition) is 6. The summed E-state index contributed by atoms with van der Waals surface area (Å²) in [6, 6.07) is 19.7. The lowest BCUT2D eigenvalue weighted by Crippen LogP contribution is -2.30. The highest BCUT2D eigenvalue weighted by molar-refractivity contribution is 6.33. The maximum absolute atomic E-state index is 13.4. The van der Waals surface area contributed by atoms with Crippen molar-refractivity contribution in [3.63, 3.8) is 0 Å². The highest BCUT2D eigenvalue weighted by atomic mass is 35.5. The quantitative estimate of drug-likeness (QED) is 0.275. The van der Waals surface area contributed by atoms with Gasteiger partial charge < -0.3 is 20.1 Å². The number of hydrogen-bond donors (Lipinski definition) is 1. The molecule has 1 saturated heterocycles. The molecule has 3 aromatic carbocycles. The molecule has 0 aliphatic carbocycles. The number of esters is 1. The fraction of sp³-hybridized carbons (Fsp3) is 0.233. The van der Waals surface area contributed by atoms with Gasteiger partial charge in [0.15, 0.2) is 0 Å². The average molecular weight is 586 g/mol. The average Bonchev–Trinajstić information content (AvgIpc) is 3.42. The van der Waals surface area contributed by atoms with Crippen molar-refractivity contribution in [3.05, 3.63) is 106 Å². The molecule has 0 bridgehead atoms. The van der Waals surface area contributed by atoms with Gasteiger partial charge in [-0.1, -0.05) is 48.0 Å². The maximum atomic E-state index is 13.4. The van der Waals surface area contributed by atoms with Crippen LogP contribution in [0, 0.1) is 5.92 Å². The Labute approximate surface area is 240 Å². The first-order valence-corrected chi connectivity index (χ1v) is 12.9. The van der Waals surface area contributed by atoms with Crippen molar-refractivity contribution in [2.45, 2.75) is 12.1 Å². The van der Waals surface area contributed by atoms with Crippen LogP contribution in [0.4, 0.5) is 18.9 Å². The number of alkyl halides is 3. The molecule has 1 amide bonds. The van der Waals surface area contributed by atoms with Gasteiger partial charge in [-0.2, -0.15) is 13.2 Å². The third-order valence-electron chi connectivity index (χ3n) is 6.80. The summed E-state index contributed by atoms with van der Waals surface area (Å²) in [4.78, 5) is 31.9. The molecule has 3 aromatic rings. The Balaban J connectivity index is 1.62. The van der Waals surface area contributed by atoms with Crippen LogP contribution in [-0.2, 0) is 9.53 Å². The fourth-order valence-corrected chi connectivity index (χ4v) is 4.77. The number of halogens is 4. The second-order valence-electron chi connectivity index (χ2n) is 9.34. The van der Waals surface area contributed by atoms with Gasteiger partial charge in [-0.3, -0.25) is 9.59 Å². The van der Waals surface area contributed by atoms with E-state index in [1.165, 1.54) is 31.4 Å². The number of benzene rings is 3. The molecule has 0 unspecified atom stereocenters. The third kappa shape index (κ3) is 6.89. The van der Waals surface area contributed by atoms with Gasteiger partial charge in [0.05, 0.1) is 36.6 Å². The van der Waals surface area contributed by atoms with Crippen LogP contribution >= 0.6 is 11.6 Å². The number of para-hydroxylation sites is 1. The van der Waals surface area contributed by atoms with E-state index in [1.54, 1.807) is 48.4 Å². The molecule has 11 heteroatoms. The minimum Gasteiger partial charge on any atom is -0.497 e. The first-order chi connectivity index (χ1) is 19.5. The van der Waals surface area contributed by atoms with Gasteiger partial charge >= 0.3 is 12.1 Å². The molecular formula is C30H27ClF3N3O4. The lowest BCUT2D eigenvalue weighted by molar-refractivity contribution is -0.145. The highest BCUT2D eigenvalue weighted by Gasteiger charge is 2.41. The summed E-state index contributed by atoms with van der Waals surface area (Å²) in [5.74, 6) is -0.955. The fourth-order valence-electron chi connectivity index (χ4n) is 4.60. The second kappa shape index (κ2) is 12.5. The van der Waals surface area contributed by atoms with Crippen LogP contribution in [0.1, 0.15) is 27.4 Å². The molecule has 0 spiro atoms. The predicted octanol–water partition coefficient (Wildman–Crippen LogP) is 5.90. The number of carbonyl (C=O) groups is 2. The lowest BCUT2D eigenvalue weighted by Gasteiger charge is -2.17. The number of methoxy groups -OCH3 is 2. The number of carbonyl (C=O) groups excluding carboxylic acids is 2. The number of nitrogens with two attached hydrogens (primary N) is 1. The minimum absolute atomic E-state index is 0.0848. The molecule has 0 radical (unpaired) electrons. The van der Waals surface area contributed by atoms with Gasteiger partial charge in [-0.05, 0) is 48.0 Å². The van der Waals surface area contributed by atoms with Crippen LogP contribution in [0.3, 0.4) is 0 Å². The van der Waals surface area contributed by atoms with E-state index in [9.17, 15) is 22.8 Å². The Morgan fingerprint density at radius 3 is 2.20 bits per heavy atom. The number of amides is 1. The summed E-state index contributed by atoms with van der Waals surface area (Å²) in [5, 5.41) is 0.247. The van der Waals surface area contributed by atoms with Crippen LogP contribution in [0.25, 0.3) is 0 Å². The van der Waals surface area contributed by atoms with E-state index in [0.717, 1.165) is 11.6 Å². The molecular weight excluding hydrogens is 559 g/mol. The Hall–Kier alpha value is -4.31. The Morgan fingerprint density at radius 1 is 0.976 bits per heavy atom. The number of aliphatic imine (C=N–C) groups is 1. The zero-order chi connectivity index (χ0) is 29.7. The van der Waals surface area contributed by atoms with E-state index in [4.69, 9.17) is 26.8 Å². The topological polar surface area (TPSA) is 94.2 Å². The zero-order valence-corrected chi connectivity index (χ0v) is 22.9. The molecule has 214 valence electrons. The van der Waals surface area contributed by atoms with Gasteiger partial charge in [0.25, 0.3) is 5.91 Å². The minimum atomic E-state index is -4.76. The molecule has 41 heavy (non-hydrogen) atoms. The van der Waals surface area contributed by atoms with E-state index >= 15 is 0 Å². The third-order valence-corrected chi connectivity index (χ3v) is 7.12. The van der Waals surface area contributed by atoms with Crippen molar-refractivity contribution in [1.82, 2.24) is 4.90 Å². The monoisotopic (exact) mass is 585 g/mol. The van der Waals surface area contributed by atoms with Crippen LogP contribution < -0.4 is 10.5 Å². The van der Waals surface area contributed by atoms with Gasteiger partial charge in [-0.25, -0.2) is 4.99 Å². The summed E-state index contributed by atoms with van der Waals surface area (Å²) in [6.07, 6.45) is -4.04. The van der Waals surface area contributed by atoms with Crippen molar-refractivity contribution >= 4 is 34.9 Å². The highest BCUT2D eigenvalue weighted by Crippen LogP contribution is 2.35. The lowest BCUT2D eigenvalue weighted by atomic mass is 9.89. The summed E-state index contributed by atoms with van der Waals surface area (Å²) < 4.78 is 49.9. The van der Waals surface area contributed by atoms with E-state index in [0.29, 0.717) is 11.3 Å². The molecule has 1 aliphatic rings. The molecule has 1 fully saturated rings. The van der Waals surface area contributed by atoms with Crippen molar-refractivity contribution < 1.29 is 32.2 Å². The van der Waals surface area contributed by atoms with Crippen LogP contribution in [0.5, 0.6) is 5.75 Å². The number of nitrogens with zero attached hydrogens (tertiary/aromatic N) is 2. The van der Waals surface area contributed by atoms with Crippen molar-refractivity contribution in [2.75, 3.05) is 27.3 Å². The smallest absolute Gasteiger partial charge is 0.430 e. The van der Waals surface area contributed by atoms with Gasteiger partial charge in [0, 0.05) is 30.1 Å². The summed E-state index contributed by atoms with van der Waals surface area (Å²) in [6.45, 7) is 0.421. The Bertz CT molecular complexity index is 1470. The molecule has 2 atom stereocenters. The molecule has 1 heterocycles. The van der Waals surface area contributed by atoms with Crippen LogP contribution in [0.15, 0.2) is 89.6 Å². The number of likely N-dealkylation sites (tertiary alicyclic amines) is 1. The maximum Gasteiger partial charge on any atom is 0.430 e. The molecule has 1 aliphatic heterocycles. The van der Waals surface area contributed by atoms with Crippen molar-refractivity contribution in [2.24, 2.45) is 16.6 Å². The van der Waals surface area contributed by atoms with Gasteiger partial charge in [0.2, 0.25) is 0 Å². The SMILES string of the molecule is COC(=O)[C@@H]1CN(C(=O)c2ccc(C(C=C(N)C(F)(F)F)=Nc3ccccc3Cl)cc2)C[C@H]1c1ccc(OC)cc1. The van der Waals surface area contributed by atoms with E-state index < -0.39 is 23.8 Å². The van der Waals surface area contributed by atoms with E-state index in [-0.39, 0.29) is 46.9 Å². The van der Waals surface area contributed by atoms with Crippen LogP contribution in [-0.4, -0.2) is 56.0 Å². The molecule has 0 aromatic heterocycles.